The number of piperidine rings is 1. The van der Waals surface area contributed by atoms with Crippen molar-refractivity contribution in [1.82, 2.24) is 10.2 Å². The Morgan fingerprint density at radius 3 is 2.52 bits per heavy atom. The Labute approximate surface area is 163 Å². The van der Waals surface area contributed by atoms with E-state index in [0.29, 0.717) is 5.02 Å². The van der Waals surface area contributed by atoms with E-state index in [1.807, 2.05) is 40.0 Å². The number of hydrogen-bond donors (Lipinski definition) is 2. The number of anilines is 1. The van der Waals surface area contributed by atoms with E-state index in [0.717, 1.165) is 42.4 Å². The zero-order valence-electron chi connectivity index (χ0n) is 15.7. The van der Waals surface area contributed by atoms with Crippen LogP contribution in [0.4, 0.5) is 5.69 Å². The van der Waals surface area contributed by atoms with Crippen molar-refractivity contribution in [2.24, 2.45) is 5.92 Å². The molecule has 0 saturated carbocycles. The van der Waals surface area contributed by atoms with Crippen molar-refractivity contribution in [2.75, 3.05) is 32.0 Å². The van der Waals surface area contributed by atoms with Gasteiger partial charge in [-0.05, 0) is 89.8 Å². The van der Waals surface area contributed by atoms with Crippen molar-refractivity contribution in [3.05, 3.63) is 28.3 Å². The fourth-order valence-corrected chi connectivity index (χ4v) is 3.81. The van der Waals surface area contributed by atoms with Gasteiger partial charge < -0.3 is 10.6 Å². The molecule has 0 radical (unpaired) electrons. The van der Waals surface area contributed by atoms with Crippen molar-refractivity contribution in [2.45, 2.75) is 46.1 Å². The minimum atomic E-state index is -0.132. The van der Waals surface area contributed by atoms with Gasteiger partial charge in [-0.1, -0.05) is 17.7 Å². The molecule has 1 aliphatic rings. The van der Waals surface area contributed by atoms with Crippen molar-refractivity contribution >= 4 is 35.6 Å². The number of aryl methyl sites for hydroxylation is 2. The van der Waals surface area contributed by atoms with E-state index < -0.39 is 0 Å². The second-order valence-electron chi connectivity index (χ2n) is 6.98. The maximum Gasteiger partial charge on any atom is 0.241 e. The topological polar surface area (TPSA) is 44.4 Å². The number of halogens is 2. The van der Waals surface area contributed by atoms with Crippen molar-refractivity contribution < 1.29 is 4.79 Å². The number of benzene rings is 1. The number of nitrogens with one attached hydrogen (secondary N) is 2. The fraction of sp³-hybridized carbons (Fsp3) is 0.632. The molecular formula is C19H31Cl2N3O. The second kappa shape index (κ2) is 10.4. The van der Waals surface area contributed by atoms with Crippen LogP contribution < -0.4 is 10.6 Å². The average molecular weight is 388 g/mol. The highest BCUT2D eigenvalue weighted by Crippen LogP contribution is 2.28. The molecule has 0 aromatic heterocycles. The first-order chi connectivity index (χ1) is 11.4. The van der Waals surface area contributed by atoms with Gasteiger partial charge in [0.15, 0.2) is 0 Å². The van der Waals surface area contributed by atoms with Gasteiger partial charge in [0, 0.05) is 0 Å². The summed E-state index contributed by atoms with van der Waals surface area (Å²) in [4.78, 5) is 14.9. The molecule has 6 heteroatoms. The maximum atomic E-state index is 12.6. The molecule has 0 bridgehead atoms. The molecule has 1 saturated heterocycles. The first kappa shape index (κ1) is 22.2. The molecule has 4 nitrogen and oxygen atoms in total. The number of hydrogen-bond acceptors (Lipinski definition) is 3. The van der Waals surface area contributed by atoms with Gasteiger partial charge in [0.2, 0.25) is 5.91 Å². The summed E-state index contributed by atoms with van der Waals surface area (Å²) in [6.07, 6.45) is 3.57. The minimum Gasteiger partial charge on any atom is -0.323 e. The van der Waals surface area contributed by atoms with Crippen LogP contribution in [0.1, 0.15) is 37.3 Å². The number of carbonyl (C=O) groups excluding carboxylic acids is 1. The smallest absolute Gasteiger partial charge is 0.241 e. The molecule has 1 aromatic rings. The third-order valence-electron chi connectivity index (χ3n) is 5.06. The van der Waals surface area contributed by atoms with E-state index in [1.165, 1.54) is 19.3 Å². The van der Waals surface area contributed by atoms with E-state index in [2.05, 4.69) is 15.5 Å². The number of carbonyl (C=O) groups is 1. The molecule has 0 spiro atoms. The zero-order valence-corrected chi connectivity index (χ0v) is 17.3. The van der Waals surface area contributed by atoms with E-state index in [1.54, 1.807) is 0 Å². The van der Waals surface area contributed by atoms with Gasteiger partial charge in [-0.15, -0.1) is 12.4 Å². The van der Waals surface area contributed by atoms with E-state index in [9.17, 15) is 4.79 Å². The average Bonchev–Trinajstić information content (AvgIpc) is 2.55. The first-order valence-electron chi connectivity index (χ1n) is 8.88. The summed E-state index contributed by atoms with van der Waals surface area (Å²) in [5, 5.41) is 6.85. The van der Waals surface area contributed by atoms with Crippen LogP contribution in [0.15, 0.2) is 12.1 Å². The number of amides is 1. The van der Waals surface area contributed by atoms with Crippen LogP contribution in [-0.2, 0) is 4.79 Å². The molecule has 1 fully saturated rings. The first-order valence-corrected chi connectivity index (χ1v) is 9.26. The van der Waals surface area contributed by atoms with Crippen LogP contribution in [0.5, 0.6) is 0 Å². The molecule has 1 heterocycles. The molecule has 1 unspecified atom stereocenters. The van der Waals surface area contributed by atoms with Crippen LogP contribution in [0.25, 0.3) is 0 Å². The Bertz CT molecular complexity index is 549. The third kappa shape index (κ3) is 6.14. The van der Waals surface area contributed by atoms with Gasteiger partial charge in [-0.3, -0.25) is 9.69 Å². The van der Waals surface area contributed by atoms with Crippen LogP contribution >= 0.6 is 24.0 Å². The Morgan fingerprint density at radius 1 is 1.32 bits per heavy atom. The van der Waals surface area contributed by atoms with Gasteiger partial charge in [0.05, 0.1) is 16.8 Å². The quantitative estimate of drug-likeness (QED) is 0.774. The largest absolute Gasteiger partial charge is 0.323 e. The van der Waals surface area contributed by atoms with E-state index >= 15 is 0 Å². The van der Waals surface area contributed by atoms with Crippen molar-refractivity contribution in [3.8, 4) is 0 Å². The molecule has 1 aromatic carbocycles. The lowest BCUT2D eigenvalue weighted by Gasteiger charge is -2.35. The third-order valence-corrected chi connectivity index (χ3v) is 5.36. The number of likely N-dealkylation sites (tertiary alicyclic amines) is 1. The molecule has 142 valence electrons. The van der Waals surface area contributed by atoms with Gasteiger partial charge in [-0.2, -0.15) is 0 Å². The Kier molecular flexibility index (Phi) is 9.22. The number of rotatable bonds is 6. The van der Waals surface area contributed by atoms with Crippen LogP contribution in [0.2, 0.25) is 5.02 Å². The molecule has 2 rings (SSSR count). The zero-order chi connectivity index (χ0) is 17.7. The molecule has 0 aliphatic carbocycles. The van der Waals surface area contributed by atoms with Gasteiger partial charge in [-0.25, -0.2) is 0 Å². The maximum absolute atomic E-state index is 12.6. The monoisotopic (exact) mass is 387 g/mol. The number of nitrogens with zero attached hydrogens (tertiary/aromatic N) is 1. The summed E-state index contributed by atoms with van der Waals surface area (Å²) in [6, 6.07) is 3.80. The molecule has 1 atom stereocenters. The molecule has 1 amide bonds. The second-order valence-corrected chi connectivity index (χ2v) is 7.38. The van der Waals surface area contributed by atoms with Crippen molar-refractivity contribution in [3.63, 3.8) is 0 Å². The summed E-state index contributed by atoms with van der Waals surface area (Å²) in [7, 11) is 2.00. The molecule has 25 heavy (non-hydrogen) atoms. The normalized spacial score (nSPS) is 17.0. The summed E-state index contributed by atoms with van der Waals surface area (Å²) in [5.41, 5.74) is 2.85. The highest BCUT2D eigenvalue weighted by Gasteiger charge is 2.27. The summed E-state index contributed by atoms with van der Waals surface area (Å²) in [5.74, 6) is 0.801. The van der Waals surface area contributed by atoms with Crippen LogP contribution in [0, 0.1) is 19.8 Å². The molecular weight excluding hydrogens is 357 g/mol. The van der Waals surface area contributed by atoms with Crippen molar-refractivity contribution in [1.29, 1.82) is 0 Å². The SMILES string of the molecule is CNCCC1CCN(C(C)C(=O)Nc2c(C)cc(C)cc2Cl)CC1.Cl. The Morgan fingerprint density at radius 2 is 1.96 bits per heavy atom. The van der Waals surface area contributed by atoms with Gasteiger partial charge in [0.25, 0.3) is 0 Å². The summed E-state index contributed by atoms with van der Waals surface area (Å²) in [6.45, 7) is 9.03. The lowest BCUT2D eigenvalue weighted by Crippen LogP contribution is -2.46. The predicted octanol–water partition coefficient (Wildman–Crippen LogP) is 4.03. The van der Waals surface area contributed by atoms with E-state index in [-0.39, 0.29) is 24.4 Å². The van der Waals surface area contributed by atoms with Crippen LogP contribution in [0.3, 0.4) is 0 Å². The lowest BCUT2D eigenvalue weighted by molar-refractivity contribution is -0.121. The lowest BCUT2D eigenvalue weighted by atomic mass is 9.93. The van der Waals surface area contributed by atoms with Gasteiger partial charge >= 0.3 is 0 Å². The fourth-order valence-electron chi connectivity index (χ4n) is 3.44. The predicted molar refractivity (Wildman–Crippen MR) is 109 cm³/mol. The highest BCUT2D eigenvalue weighted by molar-refractivity contribution is 6.34. The van der Waals surface area contributed by atoms with E-state index in [4.69, 9.17) is 11.6 Å². The standard InChI is InChI=1S/C19H30ClN3O.ClH/c1-13-11-14(2)18(17(20)12-13)22-19(24)15(3)23-9-6-16(7-10-23)5-8-21-4;/h11-12,15-16,21H,5-10H2,1-4H3,(H,22,24);1H. The summed E-state index contributed by atoms with van der Waals surface area (Å²) >= 11 is 6.30. The van der Waals surface area contributed by atoms with Crippen LogP contribution in [-0.4, -0.2) is 43.5 Å². The van der Waals surface area contributed by atoms with Gasteiger partial charge in [0.1, 0.15) is 0 Å². The molecule has 1 aliphatic heterocycles. The molecule has 2 N–H and O–H groups in total. The summed E-state index contributed by atoms with van der Waals surface area (Å²) < 4.78 is 0. The highest BCUT2D eigenvalue weighted by atomic mass is 35.5. The minimum absolute atomic E-state index is 0. The Balaban J connectivity index is 0.00000312. The Hall–Kier alpha value is -0.810.